The van der Waals surface area contributed by atoms with Gasteiger partial charge in [0.15, 0.2) is 12.1 Å². The monoisotopic (exact) mass is 818 g/mol. The Bertz CT molecular complexity index is 1840. The lowest BCUT2D eigenvalue weighted by Gasteiger charge is -2.47. The molecule has 2 N–H and O–H groups in total. The summed E-state index contributed by atoms with van der Waals surface area (Å²) >= 11 is 0. The Labute approximate surface area is 350 Å². The second kappa shape index (κ2) is 19.4. The van der Waals surface area contributed by atoms with E-state index in [2.05, 4.69) is 11.1 Å². The molecule has 3 aliphatic heterocycles. The molecule has 12 heteroatoms. The molecule has 3 aliphatic rings. The lowest BCUT2D eigenvalue weighted by Crippen LogP contribution is -2.60. The van der Waals surface area contributed by atoms with Gasteiger partial charge in [-0.3, -0.25) is 14.4 Å². The number of esters is 1. The fraction of sp³-hybridized carbons (Fsp3) is 0.617. The van der Waals surface area contributed by atoms with E-state index in [1.54, 1.807) is 20.8 Å². The molecule has 3 saturated heterocycles. The highest BCUT2D eigenvalue weighted by atomic mass is 16.7. The van der Waals surface area contributed by atoms with Crippen LogP contribution in [-0.2, 0) is 38.1 Å². The zero-order valence-electron chi connectivity index (χ0n) is 36.7. The Balaban J connectivity index is 1.74. The van der Waals surface area contributed by atoms with E-state index in [4.69, 9.17) is 23.7 Å². The number of fused-ring (bicyclic) bond motifs is 5. The number of Topliss-reactive ketones (excluding diaryl/α,β-unsaturated/α-hetero) is 1. The second-order valence-electron chi connectivity index (χ2n) is 17.7. The summed E-state index contributed by atoms with van der Waals surface area (Å²) in [6, 6.07) is 17.9. The highest BCUT2D eigenvalue weighted by Crippen LogP contribution is 2.41. The van der Waals surface area contributed by atoms with Crippen LogP contribution in [0, 0.1) is 23.7 Å². The van der Waals surface area contributed by atoms with Gasteiger partial charge in [0.2, 0.25) is 5.91 Å². The standard InChI is InChI=1S/C47H66N2O10/c1-12-38-47(9,54)43-29(4)39(48-32(7)50)27(2)24-46(8,56-26-34(25-55-43)22-33-17-16-20-36(23-33)35-18-14-13-15-19-35)42(30(5)40(51)31(6)44(53)58-38)59-45-41(52)37(49(10)11)21-28(3)57-45/h13-20,22-23,27-31,37-38,41-43,45,52,54H,12,21,24-26H2,1-11H3/b34-22-,48-39?/t27?,28-,29?,30+,31-,37+,38-,41?,42?,43?,45+,46-,47-/m1/s1. The van der Waals surface area contributed by atoms with E-state index in [0.717, 1.165) is 22.3 Å². The van der Waals surface area contributed by atoms with Gasteiger partial charge in [-0.25, -0.2) is 4.99 Å². The molecule has 59 heavy (non-hydrogen) atoms. The lowest BCUT2D eigenvalue weighted by molar-refractivity contribution is -0.296. The van der Waals surface area contributed by atoms with Gasteiger partial charge in [0, 0.05) is 30.5 Å². The van der Waals surface area contributed by atoms with Gasteiger partial charge in [-0.2, -0.15) is 0 Å². The van der Waals surface area contributed by atoms with E-state index in [9.17, 15) is 24.6 Å². The molecule has 0 radical (unpaired) electrons. The van der Waals surface area contributed by atoms with E-state index in [1.165, 1.54) is 13.8 Å². The number of hydrogen-bond acceptors (Lipinski definition) is 11. The maximum Gasteiger partial charge on any atom is 0.316 e. The minimum Gasteiger partial charge on any atom is -0.459 e. The van der Waals surface area contributed by atoms with Gasteiger partial charge >= 0.3 is 5.97 Å². The molecule has 1 amide bonds. The molecule has 0 saturated carbocycles. The summed E-state index contributed by atoms with van der Waals surface area (Å²) in [4.78, 5) is 47.9. The van der Waals surface area contributed by atoms with Crippen LogP contribution in [-0.4, -0.2) is 120 Å². The van der Waals surface area contributed by atoms with E-state index < -0.39 is 83.2 Å². The molecule has 3 heterocycles. The van der Waals surface area contributed by atoms with Crippen molar-refractivity contribution in [2.75, 3.05) is 27.3 Å². The number of amides is 1. The molecule has 5 rings (SSSR count). The van der Waals surface area contributed by atoms with E-state index >= 15 is 0 Å². The molecule has 0 aromatic heterocycles. The Morgan fingerprint density at radius 3 is 2.31 bits per heavy atom. The van der Waals surface area contributed by atoms with Gasteiger partial charge in [0.05, 0.1) is 37.1 Å². The fourth-order valence-electron chi connectivity index (χ4n) is 9.33. The zero-order valence-corrected chi connectivity index (χ0v) is 36.7. The summed E-state index contributed by atoms with van der Waals surface area (Å²) in [7, 11) is 3.77. The number of carbonyl (C=O) groups is 3. The van der Waals surface area contributed by atoms with E-state index in [-0.39, 0.29) is 38.2 Å². The number of aliphatic hydroxyl groups excluding tert-OH is 1. The summed E-state index contributed by atoms with van der Waals surface area (Å²) in [6.45, 7) is 15.5. The maximum atomic E-state index is 14.6. The molecular weight excluding hydrogens is 753 g/mol. The number of ether oxygens (including phenoxy) is 5. The minimum absolute atomic E-state index is 0.00813. The van der Waals surface area contributed by atoms with Crippen LogP contribution in [0.5, 0.6) is 0 Å². The van der Waals surface area contributed by atoms with Crippen molar-refractivity contribution in [1.82, 2.24) is 4.90 Å². The first-order valence-corrected chi connectivity index (χ1v) is 21.1. The number of rotatable bonds is 6. The first-order chi connectivity index (χ1) is 27.8. The van der Waals surface area contributed by atoms with Gasteiger partial charge in [-0.15, -0.1) is 0 Å². The van der Waals surface area contributed by atoms with Gasteiger partial charge in [0.25, 0.3) is 0 Å². The van der Waals surface area contributed by atoms with E-state index in [1.807, 2.05) is 101 Å². The predicted octanol–water partition coefficient (Wildman–Crippen LogP) is 6.30. The second-order valence-corrected chi connectivity index (χ2v) is 17.7. The Kier molecular flexibility index (Phi) is 15.3. The first-order valence-electron chi connectivity index (χ1n) is 21.1. The molecule has 0 spiro atoms. The minimum atomic E-state index is -1.80. The molecule has 2 aromatic carbocycles. The number of cyclic esters (lactones) is 1. The summed E-state index contributed by atoms with van der Waals surface area (Å²) in [5.41, 5.74) is 1.03. The van der Waals surface area contributed by atoms with Crippen molar-refractivity contribution in [3.63, 3.8) is 0 Å². The number of hydrogen-bond donors (Lipinski definition) is 2. The third kappa shape index (κ3) is 10.6. The largest absolute Gasteiger partial charge is 0.459 e. The smallest absolute Gasteiger partial charge is 0.316 e. The fourth-order valence-corrected chi connectivity index (χ4v) is 9.33. The van der Waals surface area contributed by atoms with Gasteiger partial charge < -0.3 is 38.8 Å². The van der Waals surface area contributed by atoms with Crippen molar-refractivity contribution >= 4 is 29.4 Å². The topological polar surface area (TPSA) is 153 Å². The van der Waals surface area contributed by atoms with Crippen molar-refractivity contribution < 1.29 is 48.3 Å². The maximum absolute atomic E-state index is 14.6. The quantitative estimate of drug-likeness (QED) is 0.250. The molecule has 324 valence electrons. The van der Waals surface area contributed by atoms with Crippen LogP contribution in [0.2, 0.25) is 0 Å². The summed E-state index contributed by atoms with van der Waals surface area (Å²) in [5, 5.41) is 24.2. The highest BCUT2D eigenvalue weighted by Gasteiger charge is 2.53. The lowest BCUT2D eigenvalue weighted by atomic mass is 9.73. The highest BCUT2D eigenvalue weighted by molar-refractivity contribution is 6.00. The zero-order chi connectivity index (χ0) is 43.4. The predicted molar refractivity (Wildman–Crippen MR) is 226 cm³/mol. The van der Waals surface area contributed by atoms with Crippen LogP contribution in [0.25, 0.3) is 17.2 Å². The summed E-state index contributed by atoms with van der Waals surface area (Å²) < 4.78 is 33.0. The molecule has 2 bridgehead atoms. The molecular formula is C47H66N2O10. The van der Waals surface area contributed by atoms with E-state index in [0.29, 0.717) is 12.1 Å². The SMILES string of the molecule is CC[C@H]1OC(=O)[C@H](C)C(=O)[C@H](C)C(O[C@@H]2O[C@H](C)C[C@H](N(C)C)C2O)[C@@]2(C)CC(C)C(=NC(C)=O)C(C)C(OC/C(=C/c3cccc(-c4ccccc4)c3)CO2)[C@]1(C)O. The Morgan fingerprint density at radius 1 is 0.983 bits per heavy atom. The van der Waals surface area contributed by atoms with Crippen molar-refractivity contribution in [2.24, 2.45) is 28.7 Å². The number of carbonyl (C=O) groups excluding carboxylic acids is 3. The Hall–Kier alpha value is -3.62. The third-order valence-corrected chi connectivity index (χ3v) is 12.5. The van der Waals surface area contributed by atoms with Crippen molar-refractivity contribution in [3.05, 3.63) is 65.7 Å². The molecule has 13 atom stereocenters. The van der Waals surface area contributed by atoms with Crippen molar-refractivity contribution in [3.8, 4) is 11.1 Å². The number of nitrogens with zero attached hydrogens (tertiary/aromatic N) is 2. The summed E-state index contributed by atoms with van der Waals surface area (Å²) in [6.07, 6.45) is -2.74. The van der Waals surface area contributed by atoms with Crippen molar-refractivity contribution in [2.45, 2.75) is 136 Å². The molecule has 0 aliphatic carbocycles. The number of ketones is 1. The first kappa shape index (κ1) is 46.4. The van der Waals surface area contributed by atoms with Crippen LogP contribution in [0.1, 0.15) is 87.1 Å². The molecule has 12 nitrogen and oxygen atoms in total. The molecule has 2 aromatic rings. The van der Waals surface area contributed by atoms with Crippen LogP contribution < -0.4 is 0 Å². The van der Waals surface area contributed by atoms with Gasteiger partial charge in [-0.05, 0) is 95.3 Å². The molecule has 5 unspecified atom stereocenters. The number of likely N-dealkylation sites (N-methyl/N-ethyl adjacent to an activating group) is 1. The van der Waals surface area contributed by atoms with Gasteiger partial charge in [0.1, 0.15) is 23.7 Å². The number of aliphatic imine (C=N–C) groups is 1. The van der Waals surface area contributed by atoms with Crippen LogP contribution in [0.3, 0.4) is 0 Å². The normalized spacial score (nSPS) is 38.0. The van der Waals surface area contributed by atoms with Crippen LogP contribution in [0.4, 0.5) is 0 Å². The third-order valence-electron chi connectivity index (χ3n) is 12.5. The van der Waals surface area contributed by atoms with Crippen LogP contribution in [0.15, 0.2) is 65.2 Å². The number of benzene rings is 2. The molecule has 3 fully saturated rings. The average molecular weight is 819 g/mol. The Morgan fingerprint density at radius 2 is 1.66 bits per heavy atom. The van der Waals surface area contributed by atoms with Crippen LogP contribution >= 0.6 is 0 Å². The summed E-state index contributed by atoms with van der Waals surface area (Å²) in [5.74, 6) is -5.05. The van der Waals surface area contributed by atoms with Crippen molar-refractivity contribution in [1.29, 1.82) is 0 Å². The average Bonchev–Trinajstić information content (AvgIpc) is 3.20. The number of aliphatic hydroxyl groups is 2. The van der Waals surface area contributed by atoms with Gasteiger partial charge in [-0.1, -0.05) is 82.3 Å².